The number of hydrogen-bond donors (Lipinski definition) is 3. The van der Waals surface area contributed by atoms with Gasteiger partial charge in [0.05, 0.1) is 7.11 Å². The first-order chi connectivity index (χ1) is 11.3. The van der Waals surface area contributed by atoms with Gasteiger partial charge in [-0.3, -0.25) is 4.79 Å². The molecule has 0 aliphatic rings. The second kappa shape index (κ2) is 5.49. The summed E-state index contributed by atoms with van der Waals surface area (Å²) < 4.78 is 10.7. The van der Waals surface area contributed by atoms with E-state index in [9.17, 15) is 20.1 Å². The second-order valence-electron chi connectivity index (χ2n) is 5.51. The van der Waals surface area contributed by atoms with Crippen molar-refractivity contribution in [3.63, 3.8) is 0 Å². The first-order valence-electron chi connectivity index (χ1n) is 7.21. The van der Waals surface area contributed by atoms with Crippen molar-refractivity contribution in [1.29, 1.82) is 0 Å². The van der Waals surface area contributed by atoms with Crippen LogP contribution in [0.3, 0.4) is 0 Å². The molecule has 0 spiro atoms. The Morgan fingerprint density at radius 2 is 1.71 bits per heavy atom. The highest BCUT2D eigenvalue weighted by Crippen LogP contribution is 2.37. The maximum atomic E-state index is 12.6. The Balaban J connectivity index is 2.35. The number of hydrogen-bond acceptors (Lipinski definition) is 6. The maximum absolute atomic E-state index is 12.6. The van der Waals surface area contributed by atoms with Gasteiger partial charge in [0, 0.05) is 22.8 Å². The van der Waals surface area contributed by atoms with Gasteiger partial charge in [0.2, 0.25) is 0 Å². The summed E-state index contributed by atoms with van der Waals surface area (Å²) in [4.78, 5) is 12.6. The summed E-state index contributed by atoms with van der Waals surface area (Å²) in [6.07, 6.45) is 0. The molecule has 0 radical (unpaired) electrons. The van der Waals surface area contributed by atoms with Crippen LogP contribution in [0.2, 0.25) is 0 Å². The number of ether oxygens (including phenoxy) is 1. The molecule has 0 amide bonds. The Bertz CT molecular complexity index is 1020. The molecule has 6 nitrogen and oxygen atoms in total. The van der Waals surface area contributed by atoms with Crippen molar-refractivity contribution in [2.75, 3.05) is 7.11 Å². The molecule has 0 aliphatic heterocycles. The van der Waals surface area contributed by atoms with Crippen LogP contribution in [0.5, 0.6) is 23.0 Å². The minimum atomic E-state index is -0.401. The highest BCUT2D eigenvalue weighted by Gasteiger charge is 2.19. The number of methoxy groups -OCH3 is 1. The fourth-order valence-corrected chi connectivity index (χ4v) is 2.61. The monoisotopic (exact) mass is 328 g/mol. The number of aromatic hydroxyl groups is 3. The van der Waals surface area contributed by atoms with E-state index in [4.69, 9.17) is 9.15 Å². The fraction of sp³-hybridized carbons (Fsp3) is 0.167. The molecule has 1 aromatic heterocycles. The van der Waals surface area contributed by atoms with Crippen molar-refractivity contribution in [3.8, 4) is 34.3 Å². The third-order valence-electron chi connectivity index (χ3n) is 4.05. The van der Waals surface area contributed by atoms with E-state index in [2.05, 4.69) is 0 Å². The van der Waals surface area contributed by atoms with Crippen LogP contribution in [0.15, 0.2) is 33.5 Å². The first kappa shape index (κ1) is 15.7. The zero-order chi connectivity index (χ0) is 17.6. The zero-order valence-corrected chi connectivity index (χ0v) is 13.4. The molecule has 3 N–H and O–H groups in total. The molecule has 0 saturated carbocycles. The fourth-order valence-electron chi connectivity index (χ4n) is 2.61. The van der Waals surface area contributed by atoms with Crippen molar-refractivity contribution in [3.05, 3.63) is 45.6 Å². The van der Waals surface area contributed by atoms with Gasteiger partial charge >= 0.3 is 0 Å². The Labute approximate surface area is 137 Å². The summed E-state index contributed by atoms with van der Waals surface area (Å²) >= 11 is 0. The van der Waals surface area contributed by atoms with Gasteiger partial charge in [-0.05, 0) is 32.0 Å². The summed E-state index contributed by atoms with van der Waals surface area (Å²) in [6, 6.07) is 5.91. The predicted octanol–water partition coefficient (Wildman–Crippen LogP) is 3.20. The van der Waals surface area contributed by atoms with Gasteiger partial charge in [-0.2, -0.15) is 0 Å². The van der Waals surface area contributed by atoms with Crippen LogP contribution in [0.4, 0.5) is 0 Å². The van der Waals surface area contributed by atoms with E-state index in [1.54, 1.807) is 19.1 Å². The quantitative estimate of drug-likeness (QED) is 0.668. The molecule has 0 saturated heterocycles. The molecule has 0 atom stereocenters. The van der Waals surface area contributed by atoms with Crippen LogP contribution >= 0.6 is 0 Å². The lowest BCUT2D eigenvalue weighted by Crippen LogP contribution is -2.08. The van der Waals surface area contributed by atoms with Crippen LogP contribution in [-0.4, -0.2) is 22.4 Å². The third-order valence-corrected chi connectivity index (χ3v) is 4.05. The van der Waals surface area contributed by atoms with E-state index < -0.39 is 5.43 Å². The molecule has 0 unspecified atom stereocenters. The standard InChI is InChI=1S/C18H16O6/c1-8-11(19)7-14-15(16(8)21)17(22)9(2)18(24-14)10-4-5-13(23-3)12(20)6-10/h4-7,19-21H,1-3H3. The second-order valence-corrected chi connectivity index (χ2v) is 5.51. The number of phenols is 3. The third kappa shape index (κ3) is 2.23. The maximum Gasteiger partial charge on any atom is 0.199 e. The molecule has 24 heavy (non-hydrogen) atoms. The average molecular weight is 328 g/mol. The number of benzene rings is 2. The highest BCUT2D eigenvalue weighted by molar-refractivity contribution is 5.88. The smallest absolute Gasteiger partial charge is 0.199 e. The van der Waals surface area contributed by atoms with E-state index in [0.717, 1.165) is 0 Å². The highest BCUT2D eigenvalue weighted by atomic mass is 16.5. The van der Waals surface area contributed by atoms with Gasteiger partial charge in [-0.25, -0.2) is 0 Å². The van der Waals surface area contributed by atoms with Gasteiger partial charge in [0.1, 0.15) is 28.2 Å². The molecule has 6 heteroatoms. The molecular weight excluding hydrogens is 312 g/mol. The van der Waals surface area contributed by atoms with Crippen molar-refractivity contribution >= 4 is 11.0 Å². The van der Waals surface area contributed by atoms with Crippen LogP contribution in [0, 0.1) is 13.8 Å². The van der Waals surface area contributed by atoms with Crippen LogP contribution in [-0.2, 0) is 0 Å². The van der Waals surface area contributed by atoms with E-state index in [0.29, 0.717) is 11.3 Å². The Morgan fingerprint density at radius 1 is 1.00 bits per heavy atom. The number of phenolic OH excluding ortho intramolecular Hbond substituents is 3. The largest absolute Gasteiger partial charge is 0.507 e. The molecule has 124 valence electrons. The molecule has 3 rings (SSSR count). The predicted molar refractivity (Wildman–Crippen MR) is 88.9 cm³/mol. The Hall–Kier alpha value is -3.15. The van der Waals surface area contributed by atoms with Gasteiger partial charge in [0.15, 0.2) is 16.9 Å². The van der Waals surface area contributed by atoms with Gasteiger partial charge in [-0.1, -0.05) is 0 Å². The Morgan fingerprint density at radius 3 is 2.33 bits per heavy atom. The van der Waals surface area contributed by atoms with Crippen molar-refractivity contribution < 1.29 is 24.5 Å². The molecule has 0 bridgehead atoms. The number of rotatable bonds is 2. The van der Waals surface area contributed by atoms with E-state index >= 15 is 0 Å². The summed E-state index contributed by atoms with van der Waals surface area (Å²) in [6.45, 7) is 3.08. The van der Waals surface area contributed by atoms with Gasteiger partial charge < -0.3 is 24.5 Å². The lowest BCUT2D eigenvalue weighted by molar-refractivity contribution is 0.373. The van der Waals surface area contributed by atoms with E-state index in [-0.39, 0.29) is 45.1 Å². The average Bonchev–Trinajstić information content (AvgIpc) is 2.55. The van der Waals surface area contributed by atoms with Crippen molar-refractivity contribution in [1.82, 2.24) is 0 Å². The minimum absolute atomic E-state index is 0.0179. The zero-order valence-electron chi connectivity index (χ0n) is 13.4. The molecular formula is C18H16O6. The molecule has 1 heterocycles. The Kier molecular flexibility index (Phi) is 3.60. The van der Waals surface area contributed by atoms with E-state index in [1.165, 1.54) is 26.2 Å². The summed E-state index contributed by atoms with van der Waals surface area (Å²) in [7, 11) is 1.43. The van der Waals surface area contributed by atoms with Gasteiger partial charge in [-0.15, -0.1) is 0 Å². The summed E-state index contributed by atoms with van der Waals surface area (Å²) in [5.41, 5.74) is 0.638. The molecule has 0 fully saturated rings. The SMILES string of the molecule is COc1ccc(-c2oc3cc(O)c(C)c(O)c3c(=O)c2C)cc1O. The van der Waals surface area contributed by atoms with Crippen LogP contribution < -0.4 is 10.2 Å². The summed E-state index contributed by atoms with van der Waals surface area (Å²) in [5, 5.41) is 29.9. The van der Waals surface area contributed by atoms with Crippen LogP contribution in [0.25, 0.3) is 22.3 Å². The molecule has 3 aromatic rings. The normalized spacial score (nSPS) is 11.0. The lowest BCUT2D eigenvalue weighted by atomic mass is 10.0. The molecule has 0 aliphatic carbocycles. The van der Waals surface area contributed by atoms with Crippen molar-refractivity contribution in [2.45, 2.75) is 13.8 Å². The molecule has 2 aromatic carbocycles. The van der Waals surface area contributed by atoms with E-state index in [1.807, 2.05) is 0 Å². The van der Waals surface area contributed by atoms with Crippen molar-refractivity contribution in [2.24, 2.45) is 0 Å². The summed E-state index contributed by atoms with van der Waals surface area (Å²) in [5.74, 6) is -0.0215. The topological polar surface area (TPSA) is 100 Å². The minimum Gasteiger partial charge on any atom is -0.507 e. The lowest BCUT2D eigenvalue weighted by Gasteiger charge is -2.11. The van der Waals surface area contributed by atoms with Gasteiger partial charge in [0.25, 0.3) is 0 Å². The first-order valence-corrected chi connectivity index (χ1v) is 7.21. The number of fused-ring (bicyclic) bond motifs is 1. The van der Waals surface area contributed by atoms with Crippen LogP contribution in [0.1, 0.15) is 11.1 Å².